The molecule has 2 rings (SSSR count). The summed E-state index contributed by atoms with van der Waals surface area (Å²) in [5, 5.41) is 4.78. The van der Waals surface area contributed by atoms with Gasteiger partial charge in [0, 0.05) is 37.2 Å². The van der Waals surface area contributed by atoms with Gasteiger partial charge in [0.05, 0.1) is 0 Å². The van der Waals surface area contributed by atoms with Crippen molar-refractivity contribution >= 4 is 29.2 Å². The summed E-state index contributed by atoms with van der Waals surface area (Å²) in [6, 6.07) is 11.1. The zero-order valence-electron chi connectivity index (χ0n) is 12.6. The molecule has 22 heavy (non-hydrogen) atoms. The minimum absolute atomic E-state index is 0.0329. The number of thiophene rings is 1. The highest BCUT2D eigenvalue weighted by Crippen LogP contribution is 2.10. The number of hydrogen-bond donors (Lipinski definition) is 1. The average molecular weight is 314 g/mol. The van der Waals surface area contributed by atoms with E-state index in [1.807, 2.05) is 29.6 Å². The minimum Gasteiger partial charge on any atom is -0.348 e. The Labute approximate surface area is 134 Å². The number of benzene rings is 1. The van der Waals surface area contributed by atoms with Gasteiger partial charge in [-0.25, -0.2) is 0 Å². The molecule has 0 atom stereocenters. The summed E-state index contributed by atoms with van der Waals surface area (Å²) in [5.74, 6) is -0.170. The van der Waals surface area contributed by atoms with E-state index in [1.165, 1.54) is 11.0 Å². The van der Waals surface area contributed by atoms with E-state index in [2.05, 4.69) is 5.32 Å². The maximum absolute atomic E-state index is 11.8. The molecule has 0 fully saturated rings. The maximum Gasteiger partial charge on any atom is 0.253 e. The molecular formula is C17H18N2O2S. The Morgan fingerprint density at radius 1 is 1.18 bits per heavy atom. The predicted octanol–water partition coefficient (Wildman–Crippen LogP) is 2.78. The molecule has 0 aliphatic rings. The standard InChI is InChI=1S/C17H18N2O2S/c1-19(2)17(21)14-7-5-13(6-8-14)12-18-16(20)10-9-15-4-3-11-22-15/h3-11H,12H2,1-2H3,(H,18,20)/b10-9+. The molecule has 1 aromatic heterocycles. The highest BCUT2D eigenvalue weighted by Gasteiger charge is 2.07. The van der Waals surface area contributed by atoms with Gasteiger partial charge in [0.25, 0.3) is 5.91 Å². The monoisotopic (exact) mass is 314 g/mol. The molecule has 4 nitrogen and oxygen atoms in total. The molecule has 114 valence electrons. The molecule has 1 N–H and O–H groups in total. The third kappa shape index (κ3) is 4.56. The molecule has 0 aliphatic carbocycles. The Balaban J connectivity index is 1.86. The lowest BCUT2D eigenvalue weighted by molar-refractivity contribution is -0.116. The number of carbonyl (C=O) groups excluding carboxylic acids is 2. The molecule has 1 aromatic carbocycles. The van der Waals surface area contributed by atoms with Gasteiger partial charge < -0.3 is 10.2 Å². The first-order chi connectivity index (χ1) is 10.6. The second-order valence-corrected chi connectivity index (χ2v) is 5.94. The van der Waals surface area contributed by atoms with Crippen LogP contribution in [0, 0.1) is 0 Å². The van der Waals surface area contributed by atoms with Crippen LogP contribution in [-0.4, -0.2) is 30.8 Å². The fourth-order valence-electron chi connectivity index (χ4n) is 1.82. The molecule has 2 amide bonds. The molecule has 0 spiro atoms. The van der Waals surface area contributed by atoms with Gasteiger partial charge in [-0.2, -0.15) is 0 Å². The SMILES string of the molecule is CN(C)C(=O)c1ccc(CNC(=O)/C=C/c2cccs2)cc1. The van der Waals surface area contributed by atoms with E-state index in [0.29, 0.717) is 12.1 Å². The molecule has 0 saturated carbocycles. The van der Waals surface area contributed by atoms with Crippen molar-refractivity contribution in [2.45, 2.75) is 6.54 Å². The fraction of sp³-hybridized carbons (Fsp3) is 0.176. The minimum atomic E-state index is -0.137. The van der Waals surface area contributed by atoms with Crippen LogP contribution in [0.1, 0.15) is 20.8 Å². The lowest BCUT2D eigenvalue weighted by Crippen LogP contribution is -2.22. The van der Waals surface area contributed by atoms with Crippen molar-refractivity contribution in [3.63, 3.8) is 0 Å². The van der Waals surface area contributed by atoms with Crippen molar-refractivity contribution in [3.8, 4) is 0 Å². The number of nitrogens with one attached hydrogen (secondary N) is 1. The van der Waals surface area contributed by atoms with Crippen LogP contribution in [0.25, 0.3) is 6.08 Å². The zero-order valence-corrected chi connectivity index (χ0v) is 13.4. The molecule has 2 aromatic rings. The van der Waals surface area contributed by atoms with Gasteiger partial charge in [0.1, 0.15) is 0 Å². The van der Waals surface area contributed by atoms with E-state index in [-0.39, 0.29) is 11.8 Å². The van der Waals surface area contributed by atoms with E-state index in [4.69, 9.17) is 0 Å². The smallest absolute Gasteiger partial charge is 0.253 e. The van der Waals surface area contributed by atoms with Gasteiger partial charge >= 0.3 is 0 Å². The molecule has 0 radical (unpaired) electrons. The Hall–Kier alpha value is -2.40. The predicted molar refractivity (Wildman–Crippen MR) is 89.7 cm³/mol. The first kappa shape index (κ1) is 16.0. The van der Waals surface area contributed by atoms with Crippen molar-refractivity contribution in [2.75, 3.05) is 14.1 Å². The summed E-state index contributed by atoms with van der Waals surface area (Å²) in [5.41, 5.74) is 1.59. The first-order valence-electron chi connectivity index (χ1n) is 6.86. The molecule has 0 aliphatic heterocycles. The van der Waals surface area contributed by atoms with Crippen LogP contribution in [0.2, 0.25) is 0 Å². The summed E-state index contributed by atoms with van der Waals surface area (Å²) in [6.45, 7) is 0.435. The van der Waals surface area contributed by atoms with E-state index in [0.717, 1.165) is 10.4 Å². The largest absolute Gasteiger partial charge is 0.348 e. The number of rotatable bonds is 5. The first-order valence-corrected chi connectivity index (χ1v) is 7.74. The molecule has 5 heteroatoms. The van der Waals surface area contributed by atoms with Crippen molar-refractivity contribution < 1.29 is 9.59 Å². The molecule has 1 heterocycles. The van der Waals surface area contributed by atoms with E-state index >= 15 is 0 Å². The lowest BCUT2D eigenvalue weighted by atomic mass is 10.1. The van der Waals surface area contributed by atoms with E-state index < -0.39 is 0 Å². The van der Waals surface area contributed by atoms with Gasteiger partial charge in [-0.05, 0) is 35.2 Å². The van der Waals surface area contributed by atoms with Crippen molar-refractivity contribution in [1.82, 2.24) is 10.2 Å². The third-order valence-corrected chi connectivity index (χ3v) is 3.85. The fourth-order valence-corrected chi connectivity index (χ4v) is 2.43. The third-order valence-electron chi connectivity index (χ3n) is 3.02. The molecule has 0 bridgehead atoms. The highest BCUT2D eigenvalue weighted by molar-refractivity contribution is 7.10. The van der Waals surface area contributed by atoms with Crippen LogP contribution in [-0.2, 0) is 11.3 Å². The number of nitrogens with zero attached hydrogens (tertiary/aromatic N) is 1. The van der Waals surface area contributed by atoms with Crippen LogP contribution >= 0.6 is 11.3 Å². The molecule has 0 saturated heterocycles. The van der Waals surface area contributed by atoms with Crippen LogP contribution in [0.4, 0.5) is 0 Å². The van der Waals surface area contributed by atoms with Gasteiger partial charge in [-0.1, -0.05) is 18.2 Å². The topological polar surface area (TPSA) is 49.4 Å². The van der Waals surface area contributed by atoms with Crippen LogP contribution in [0.15, 0.2) is 47.9 Å². The summed E-state index contributed by atoms with van der Waals surface area (Å²) in [6.07, 6.45) is 3.31. The van der Waals surface area contributed by atoms with Crippen LogP contribution in [0.5, 0.6) is 0 Å². The Kier molecular flexibility index (Phi) is 5.49. The summed E-state index contributed by atoms with van der Waals surface area (Å²) < 4.78 is 0. The highest BCUT2D eigenvalue weighted by atomic mass is 32.1. The second kappa shape index (κ2) is 7.56. The van der Waals surface area contributed by atoms with E-state index in [9.17, 15) is 9.59 Å². The van der Waals surface area contributed by atoms with Crippen LogP contribution in [0.3, 0.4) is 0 Å². The van der Waals surface area contributed by atoms with Crippen molar-refractivity contribution in [3.05, 3.63) is 63.9 Å². The Bertz CT molecular complexity index is 658. The van der Waals surface area contributed by atoms with Gasteiger partial charge in [-0.3, -0.25) is 9.59 Å². The summed E-state index contributed by atoms with van der Waals surface area (Å²) in [7, 11) is 3.44. The molecular weight excluding hydrogens is 296 g/mol. The van der Waals surface area contributed by atoms with Crippen molar-refractivity contribution in [1.29, 1.82) is 0 Å². The van der Waals surface area contributed by atoms with Gasteiger partial charge in [-0.15, -0.1) is 11.3 Å². The van der Waals surface area contributed by atoms with Gasteiger partial charge in [0.15, 0.2) is 0 Å². The van der Waals surface area contributed by atoms with Crippen molar-refractivity contribution in [2.24, 2.45) is 0 Å². The summed E-state index contributed by atoms with van der Waals surface area (Å²) in [4.78, 5) is 26.1. The lowest BCUT2D eigenvalue weighted by Gasteiger charge is -2.10. The average Bonchev–Trinajstić information content (AvgIpc) is 3.04. The van der Waals surface area contributed by atoms with Gasteiger partial charge in [0.2, 0.25) is 5.91 Å². The Morgan fingerprint density at radius 3 is 2.50 bits per heavy atom. The van der Waals surface area contributed by atoms with E-state index in [1.54, 1.807) is 43.6 Å². The number of hydrogen-bond acceptors (Lipinski definition) is 3. The second-order valence-electron chi connectivity index (χ2n) is 4.96. The normalized spacial score (nSPS) is 10.6. The quantitative estimate of drug-likeness (QED) is 0.863. The summed E-state index contributed by atoms with van der Waals surface area (Å²) >= 11 is 1.58. The number of carbonyl (C=O) groups is 2. The van der Waals surface area contributed by atoms with Crippen LogP contribution < -0.4 is 5.32 Å². The number of amides is 2. The zero-order chi connectivity index (χ0) is 15.9. The molecule has 0 unspecified atom stereocenters. The Morgan fingerprint density at radius 2 is 1.91 bits per heavy atom. The maximum atomic E-state index is 11.8.